The first-order valence-corrected chi connectivity index (χ1v) is 7.91. The molecular formula is C21H12ClNO. The van der Waals surface area contributed by atoms with Gasteiger partial charge in [-0.2, -0.15) is 5.26 Å². The molecule has 2 nitrogen and oxygen atoms in total. The van der Waals surface area contributed by atoms with Crippen LogP contribution in [0, 0.1) is 11.3 Å². The topological polar surface area (TPSA) is 36.9 Å². The molecule has 1 heterocycles. The predicted molar refractivity (Wildman–Crippen MR) is 98.8 cm³/mol. The number of furan rings is 1. The van der Waals surface area contributed by atoms with Gasteiger partial charge in [0.25, 0.3) is 0 Å². The lowest BCUT2D eigenvalue weighted by Crippen LogP contribution is -1.79. The van der Waals surface area contributed by atoms with Crippen molar-refractivity contribution in [3.63, 3.8) is 0 Å². The molecule has 0 aliphatic rings. The quantitative estimate of drug-likeness (QED) is 0.406. The highest BCUT2D eigenvalue weighted by Crippen LogP contribution is 2.29. The minimum Gasteiger partial charge on any atom is -0.456 e. The summed E-state index contributed by atoms with van der Waals surface area (Å²) in [7, 11) is 0. The van der Waals surface area contributed by atoms with Crippen LogP contribution in [0.25, 0.3) is 34.1 Å². The van der Waals surface area contributed by atoms with E-state index in [9.17, 15) is 0 Å². The average Bonchev–Trinajstić information content (AvgIpc) is 2.98. The fraction of sp³-hybridized carbons (Fsp3) is 0. The van der Waals surface area contributed by atoms with Crippen molar-refractivity contribution in [2.24, 2.45) is 0 Å². The van der Waals surface area contributed by atoms with Crippen LogP contribution < -0.4 is 0 Å². The Bertz CT molecular complexity index is 1130. The van der Waals surface area contributed by atoms with Crippen molar-refractivity contribution in [1.82, 2.24) is 0 Å². The molecule has 0 saturated heterocycles. The summed E-state index contributed by atoms with van der Waals surface area (Å²) in [5.41, 5.74) is 4.22. The van der Waals surface area contributed by atoms with Gasteiger partial charge in [0, 0.05) is 15.8 Å². The Hall–Kier alpha value is -3.02. The van der Waals surface area contributed by atoms with Gasteiger partial charge in [-0.05, 0) is 41.5 Å². The van der Waals surface area contributed by atoms with E-state index < -0.39 is 0 Å². The molecule has 0 amide bonds. The maximum atomic E-state index is 8.88. The van der Waals surface area contributed by atoms with E-state index in [-0.39, 0.29) is 0 Å². The van der Waals surface area contributed by atoms with E-state index >= 15 is 0 Å². The highest BCUT2D eigenvalue weighted by atomic mass is 35.5. The van der Waals surface area contributed by atoms with Gasteiger partial charge in [0.1, 0.15) is 11.2 Å². The molecule has 0 N–H and O–H groups in total. The van der Waals surface area contributed by atoms with Gasteiger partial charge in [-0.1, -0.05) is 54.1 Å². The van der Waals surface area contributed by atoms with Crippen molar-refractivity contribution in [2.75, 3.05) is 0 Å². The Kier molecular flexibility index (Phi) is 3.57. The number of hydrogen-bond acceptors (Lipinski definition) is 2. The van der Waals surface area contributed by atoms with E-state index in [0.717, 1.165) is 33.1 Å². The first-order valence-electron chi connectivity index (χ1n) is 7.53. The summed E-state index contributed by atoms with van der Waals surface area (Å²) >= 11 is 6.20. The van der Waals surface area contributed by atoms with Crippen LogP contribution in [0.15, 0.2) is 65.1 Å². The van der Waals surface area contributed by atoms with Crippen LogP contribution in [0.1, 0.15) is 16.7 Å². The van der Waals surface area contributed by atoms with Gasteiger partial charge in [0.05, 0.1) is 11.6 Å². The number of benzene rings is 3. The Balaban J connectivity index is 1.72. The maximum Gasteiger partial charge on any atom is 0.136 e. The van der Waals surface area contributed by atoms with Crippen LogP contribution in [0.3, 0.4) is 0 Å². The maximum absolute atomic E-state index is 8.88. The zero-order valence-corrected chi connectivity index (χ0v) is 13.4. The lowest BCUT2D eigenvalue weighted by atomic mass is 10.1. The number of para-hydroxylation sites is 1. The van der Waals surface area contributed by atoms with Crippen molar-refractivity contribution in [1.29, 1.82) is 5.26 Å². The molecule has 24 heavy (non-hydrogen) atoms. The molecule has 114 valence electrons. The Morgan fingerprint density at radius 3 is 2.54 bits per heavy atom. The zero-order valence-electron chi connectivity index (χ0n) is 12.7. The third-order valence-electron chi connectivity index (χ3n) is 3.99. The summed E-state index contributed by atoms with van der Waals surface area (Å²) in [6, 6.07) is 21.5. The fourth-order valence-corrected chi connectivity index (χ4v) is 3.01. The molecule has 1 aromatic heterocycles. The second-order valence-electron chi connectivity index (χ2n) is 5.54. The van der Waals surface area contributed by atoms with Crippen LogP contribution >= 0.6 is 11.6 Å². The molecule has 0 unspecified atom stereocenters. The molecule has 0 saturated carbocycles. The second-order valence-corrected chi connectivity index (χ2v) is 5.94. The number of hydrogen-bond donors (Lipinski definition) is 0. The van der Waals surface area contributed by atoms with E-state index in [1.807, 2.05) is 42.5 Å². The van der Waals surface area contributed by atoms with E-state index in [1.54, 1.807) is 12.1 Å². The number of halogens is 1. The third kappa shape index (κ3) is 2.56. The Morgan fingerprint density at radius 2 is 1.71 bits per heavy atom. The van der Waals surface area contributed by atoms with Crippen LogP contribution in [-0.2, 0) is 0 Å². The van der Waals surface area contributed by atoms with Gasteiger partial charge in [0.2, 0.25) is 0 Å². The van der Waals surface area contributed by atoms with Gasteiger partial charge < -0.3 is 4.42 Å². The van der Waals surface area contributed by atoms with Crippen LogP contribution in [0.4, 0.5) is 0 Å². The number of nitriles is 1. The van der Waals surface area contributed by atoms with Crippen molar-refractivity contribution in [3.05, 3.63) is 82.4 Å². The molecule has 3 aromatic carbocycles. The molecule has 3 heteroatoms. The highest BCUT2D eigenvalue weighted by Gasteiger charge is 2.06. The van der Waals surface area contributed by atoms with Gasteiger partial charge in [0.15, 0.2) is 0 Å². The summed E-state index contributed by atoms with van der Waals surface area (Å²) in [6.07, 6.45) is 3.92. The molecule has 0 aliphatic carbocycles. The lowest BCUT2D eigenvalue weighted by Gasteiger charge is -1.99. The summed E-state index contributed by atoms with van der Waals surface area (Å²) in [6.45, 7) is 0. The molecule has 0 fully saturated rings. The summed E-state index contributed by atoms with van der Waals surface area (Å²) < 4.78 is 5.90. The molecule has 0 radical (unpaired) electrons. The minimum absolute atomic E-state index is 0.556. The molecule has 0 bridgehead atoms. The van der Waals surface area contributed by atoms with E-state index in [4.69, 9.17) is 21.3 Å². The SMILES string of the molecule is N#Cc1ccc(C=Cc2ccc3c(c2)oc2ccccc23)c(Cl)c1. The van der Waals surface area contributed by atoms with Crippen LogP contribution in [0.2, 0.25) is 5.02 Å². The van der Waals surface area contributed by atoms with Crippen molar-refractivity contribution >= 4 is 45.7 Å². The number of nitrogens with zero attached hydrogens (tertiary/aromatic N) is 1. The summed E-state index contributed by atoms with van der Waals surface area (Å²) in [5, 5.41) is 11.7. The first kappa shape index (κ1) is 14.6. The van der Waals surface area contributed by atoms with E-state index in [0.29, 0.717) is 10.6 Å². The standard InChI is InChI=1S/C21H12ClNO/c22-19-11-15(13-23)6-9-16(19)8-5-14-7-10-18-17-3-1-2-4-20(17)24-21(18)12-14/h1-12H. The predicted octanol–water partition coefficient (Wildman–Crippen LogP) is 6.28. The van der Waals surface area contributed by atoms with Gasteiger partial charge in [-0.15, -0.1) is 0 Å². The minimum atomic E-state index is 0.556. The van der Waals surface area contributed by atoms with Gasteiger partial charge in [-0.3, -0.25) is 0 Å². The lowest BCUT2D eigenvalue weighted by molar-refractivity contribution is 0.669. The number of rotatable bonds is 2. The molecule has 0 atom stereocenters. The van der Waals surface area contributed by atoms with Crippen molar-refractivity contribution < 1.29 is 4.42 Å². The molecule has 4 aromatic rings. The van der Waals surface area contributed by atoms with Crippen LogP contribution in [0.5, 0.6) is 0 Å². The molecule has 0 spiro atoms. The smallest absolute Gasteiger partial charge is 0.136 e. The summed E-state index contributed by atoms with van der Waals surface area (Å²) in [5.74, 6) is 0. The van der Waals surface area contributed by atoms with Crippen molar-refractivity contribution in [3.8, 4) is 6.07 Å². The monoisotopic (exact) mass is 329 g/mol. The highest BCUT2D eigenvalue weighted by molar-refractivity contribution is 6.32. The van der Waals surface area contributed by atoms with Gasteiger partial charge in [-0.25, -0.2) is 0 Å². The molecule has 0 aliphatic heterocycles. The largest absolute Gasteiger partial charge is 0.456 e. The molecule has 4 rings (SSSR count). The number of fused-ring (bicyclic) bond motifs is 3. The van der Waals surface area contributed by atoms with Crippen molar-refractivity contribution in [2.45, 2.75) is 0 Å². The van der Waals surface area contributed by atoms with E-state index in [2.05, 4.69) is 24.3 Å². The molecular weight excluding hydrogens is 318 g/mol. The van der Waals surface area contributed by atoms with Crippen LogP contribution in [-0.4, -0.2) is 0 Å². The Morgan fingerprint density at radius 1 is 0.875 bits per heavy atom. The van der Waals surface area contributed by atoms with Gasteiger partial charge >= 0.3 is 0 Å². The summed E-state index contributed by atoms with van der Waals surface area (Å²) in [4.78, 5) is 0. The zero-order chi connectivity index (χ0) is 16.5. The first-order chi connectivity index (χ1) is 11.7. The Labute approximate surface area is 144 Å². The third-order valence-corrected chi connectivity index (χ3v) is 4.32. The van der Waals surface area contributed by atoms with E-state index in [1.165, 1.54) is 0 Å². The second kappa shape index (κ2) is 5.88. The average molecular weight is 330 g/mol. The normalized spacial score (nSPS) is 11.3. The fourth-order valence-electron chi connectivity index (χ4n) is 2.76.